The highest BCUT2D eigenvalue weighted by Crippen LogP contribution is 2.17. The molecule has 0 atom stereocenters. The van der Waals surface area contributed by atoms with Gasteiger partial charge in [-0.05, 0) is 12.8 Å². The average Bonchev–Trinajstić information content (AvgIpc) is 3.13. The molecule has 0 unspecified atom stereocenters. The monoisotopic (exact) mass is 721 g/mol. The highest BCUT2D eigenvalue weighted by molar-refractivity contribution is 5.71. The molecule has 0 aliphatic heterocycles. The average molecular weight is 721 g/mol. The van der Waals surface area contributed by atoms with Crippen LogP contribution in [0.1, 0.15) is 284 Å². The molecule has 0 bridgehead atoms. The standard InChI is InChI=1S/C47H92O4/c1-4-7-9-11-13-15-17-19-21-23-25-27-29-31-33-35-37-39-41-43-45(48)50-47(6-3)51-46(49)44-42-40-38-36-34-32-30-28-26-24-22-20-18-16-14-12-10-8-5-2/h47H,4-44H2,1-3H3. The summed E-state index contributed by atoms with van der Waals surface area (Å²) in [4.78, 5) is 24.6. The summed E-state index contributed by atoms with van der Waals surface area (Å²) in [5, 5.41) is 0. The SMILES string of the molecule is CCCCCCCCCCCCCCCCCCCCCC(=O)OC(CC)OC(=O)CCCCCCCCCCCCCCCCCCCCC. The van der Waals surface area contributed by atoms with Crippen LogP contribution in [0, 0.1) is 0 Å². The molecule has 51 heavy (non-hydrogen) atoms. The van der Waals surface area contributed by atoms with Crippen molar-refractivity contribution < 1.29 is 19.1 Å². The summed E-state index contributed by atoms with van der Waals surface area (Å²) >= 11 is 0. The van der Waals surface area contributed by atoms with Crippen LogP contribution in [0.2, 0.25) is 0 Å². The van der Waals surface area contributed by atoms with Crippen molar-refractivity contribution in [2.75, 3.05) is 0 Å². The zero-order valence-corrected chi connectivity index (χ0v) is 35.2. The minimum atomic E-state index is -0.731. The number of unbranched alkanes of at least 4 members (excludes halogenated alkanes) is 36. The molecule has 0 aromatic carbocycles. The van der Waals surface area contributed by atoms with Gasteiger partial charge in [0.25, 0.3) is 0 Å². The summed E-state index contributed by atoms with van der Waals surface area (Å²) in [6.45, 7) is 6.48. The van der Waals surface area contributed by atoms with E-state index in [1.165, 1.54) is 218 Å². The maximum atomic E-state index is 12.3. The predicted octanol–water partition coefficient (Wildman–Crippen LogP) is 16.5. The lowest BCUT2D eigenvalue weighted by atomic mass is 10.0. The Morgan fingerprint density at radius 2 is 0.471 bits per heavy atom. The van der Waals surface area contributed by atoms with Crippen LogP contribution in [0.5, 0.6) is 0 Å². The Balaban J connectivity index is 3.45. The molecule has 0 aromatic heterocycles. The van der Waals surface area contributed by atoms with Crippen LogP contribution in [-0.2, 0) is 19.1 Å². The third kappa shape index (κ3) is 41.6. The number of esters is 2. The Labute approximate surface area is 320 Å². The molecular weight excluding hydrogens is 629 g/mol. The van der Waals surface area contributed by atoms with E-state index in [2.05, 4.69) is 13.8 Å². The van der Waals surface area contributed by atoms with Crippen molar-refractivity contribution in [3.8, 4) is 0 Å². The molecule has 4 heteroatoms. The molecule has 0 aromatic rings. The van der Waals surface area contributed by atoms with Crippen molar-refractivity contribution in [2.45, 2.75) is 290 Å². The van der Waals surface area contributed by atoms with Crippen molar-refractivity contribution in [3.05, 3.63) is 0 Å². The van der Waals surface area contributed by atoms with Crippen LogP contribution in [-0.4, -0.2) is 18.2 Å². The van der Waals surface area contributed by atoms with Crippen molar-refractivity contribution in [3.63, 3.8) is 0 Å². The lowest BCUT2D eigenvalue weighted by molar-refractivity contribution is -0.188. The number of rotatable bonds is 43. The topological polar surface area (TPSA) is 52.6 Å². The number of carbonyl (C=O) groups is 2. The molecule has 4 nitrogen and oxygen atoms in total. The first-order valence-electron chi connectivity index (χ1n) is 23.5. The Bertz CT molecular complexity index is 636. The van der Waals surface area contributed by atoms with E-state index in [9.17, 15) is 9.59 Å². The van der Waals surface area contributed by atoms with Gasteiger partial charge in [0.2, 0.25) is 6.29 Å². The van der Waals surface area contributed by atoms with Gasteiger partial charge in [0.05, 0.1) is 0 Å². The van der Waals surface area contributed by atoms with E-state index in [-0.39, 0.29) is 11.9 Å². The number of ether oxygens (including phenoxy) is 2. The lowest BCUT2D eigenvalue weighted by Gasteiger charge is -2.16. The van der Waals surface area contributed by atoms with Crippen LogP contribution in [0.25, 0.3) is 0 Å². The van der Waals surface area contributed by atoms with Gasteiger partial charge in [-0.1, -0.05) is 252 Å². The van der Waals surface area contributed by atoms with Crippen molar-refractivity contribution in [1.29, 1.82) is 0 Å². The maximum Gasteiger partial charge on any atom is 0.308 e. The fourth-order valence-electron chi connectivity index (χ4n) is 7.30. The van der Waals surface area contributed by atoms with E-state index in [0.717, 1.165) is 25.7 Å². The second kappa shape index (κ2) is 43.3. The van der Waals surface area contributed by atoms with Crippen LogP contribution in [0.4, 0.5) is 0 Å². The minimum Gasteiger partial charge on any atom is -0.425 e. The Morgan fingerprint density at radius 1 is 0.294 bits per heavy atom. The molecule has 0 fully saturated rings. The molecule has 0 radical (unpaired) electrons. The molecule has 0 N–H and O–H groups in total. The second-order valence-corrected chi connectivity index (χ2v) is 16.0. The smallest absolute Gasteiger partial charge is 0.308 e. The van der Waals surface area contributed by atoms with Crippen molar-refractivity contribution in [2.24, 2.45) is 0 Å². The zero-order valence-electron chi connectivity index (χ0n) is 35.2. The van der Waals surface area contributed by atoms with E-state index in [1.807, 2.05) is 6.92 Å². The largest absolute Gasteiger partial charge is 0.425 e. The van der Waals surface area contributed by atoms with E-state index >= 15 is 0 Å². The van der Waals surface area contributed by atoms with Gasteiger partial charge in [0.15, 0.2) is 0 Å². The normalized spacial score (nSPS) is 11.5. The van der Waals surface area contributed by atoms with Crippen molar-refractivity contribution >= 4 is 11.9 Å². The van der Waals surface area contributed by atoms with E-state index in [1.54, 1.807) is 0 Å². The molecular formula is C47H92O4. The molecule has 0 saturated carbocycles. The minimum absolute atomic E-state index is 0.231. The van der Waals surface area contributed by atoms with Gasteiger partial charge in [0.1, 0.15) is 0 Å². The number of hydrogen-bond donors (Lipinski definition) is 0. The van der Waals surface area contributed by atoms with Crippen molar-refractivity contribution in [1.82, 2.24) is 0 Å². The third-order valence-corrected chi connectivity index (χ3v) is 10.8. The first-order valence-corrected chi connectivity index (χ1v) is 23.5. The summed E-state index contributed by atoms with van der Waals surface area (Å²) in [7, 11) is 0. The first-order chi connectivity index (χ1) is 25.1. The molecule has 0 heterocycles. The highest BCUT2D eigenvalue weighted by Gasteiger charge is 2.17. The molecule has 0 rings (SSSR count). The van der Waals surface area contributed by atoms with Gasteiger partial charge >= 0.3 is 11.9 Å². The molecule has 0 amide bonds. The van der Waals surface area contributed by atoms with Crippen LogP contribution in [0.3, 0.4) is 0 Å². The van der Waals surface area contributed by atoms with Crippen LogP contribution >= 0.6 is 0 Å². The Morgan fingerprint density at radius 3 is 0.647 bits per heavy atom. The van der Waals surface area contributed by atoms with E-state index in [0.29, 0.717) is 19.3 Å². The van der Waals surface area contributed by atoms with Gasteiger partial charge < -0.3 is 9.47 Å². The van der Waals surface area contributed by atoms with Crippen LogP contribution < -0.4 is 0 Å². The second-order valence-electron chi connectivity index (χ2n) is 16.0. The quantitative estimate of drug-likeness (QED) is 0.0357. The van der Waals surface area contributed by atoms with Gasteiger partial charge in [0, 0.05) is 19.3 Å². The van der Waals surface area contributed by atoms with E-state index < -0.39 is 6.29 Å². The number of carbonyl (C=O) groups excluding carboxylic acids is 2. The molecule has 0 aliphatic rings. The zero-order chi connectivity index (χ0) is 37.1. The lowest BCUT2D eigenvalue weighted by Crippen LogP contribution is -2.23. The third-order valence-electron chi connectivity index (χ3n) is 10.8. The summed E-state index contributed by atoms with van der Waals surface area (Å²) in [6, 6.07) is 0. The summed E-state index contributed by atoms with van der Waals surface area (Å²) < 4.78 is 10.9. The maximum absolute atomic E-state index is 12.3. The summed E-state index contributed by atoms with van der Waals surface area (Å²) in [6.07, 6.45) is 51.6. The molecule has 304 valence electrons. The van der Waals surface area contributed by atoms with Crippen LogP contribution in [0.15, 0.2) is 0 Å². The van der Waals surface area contributed by atoms with Gasteiger partial charge in [-0.25, -0.2) is 0 Å². The highest BCUT2D eigenvalue weighted by atomic mass is 16.7. The first kappa shape index (κ1) is 49.9. The number of hydrogen-bond acceptors (Lipinski definition) is 4. The van der Waals surface area contributed by atoms with Gasteiger partial charge in [-0.15, -0.1) is 0 Å². The Hall–Kier alpha value is -1.06. The molecule has 0 aliphatic carbocycles. The Kier molecular flexibility index (Phi) is 42.4. The molecule has 0 saturated heterocycles. The summed E-state index contributed by atoms with van der Waals surface area (Å²) in [5.74, 6) is -0.463. The van der Waals surface area contributed by atoms with Gasteiger partial charge in [-0.3, -0.25) is 9.59 Å². The molecule has 0 spiro atoms. The van der Waals surface area contributed by atoms with E-state index in [4.69, 9.17) is 9.47 Å². The fourth-order valence-corrected chi connectivity index (χ4v) is 7.30. The van der Waals surface area contributed by atoms with Gasteiger partial charge in [-0.2, -0.15) is 0 Å². The predicted molar refractivity (Wildman–Crippen MR) is 222 cm³/mol. The summed E-state index contributed by atoms with van der Waals surface area (Å²) in [5.41, 5.74) is 0. The fraction of sp³-hybridized carbons (Fsp3) is 0.957.